The standard InChI is InChI=1S/C22H26N2O3/c1-4-23(5-2)19-12-10-18(11-13-19)22(26)27-16(3)21(25)24-15-14-17-8-6-7-9-20(17)24/h6-13,16H,4-5,14-15H2,1-3H3/t16-/m1/s1. The summed E-state index contributed by atoms with van der Waals surface area (Å²) in [5, 5.41) is 0. The zero-order valence-electron chi connectivity index (χ0n) is 16.1. The third kappa shape index (κ3) is 3.97. The van der Waals surface area contributed by atoms with Gasteiger partial charge in [0.25, 0.3) is 5.91 Å². The average molecular weight is 366 g/mol. The van der Waals surface area contributed by atoms with E-state index >= 15 is 0 Å². The molecule has 0 saturated heterocycles. The molecule has 1 atom stereocenters. The number of amides is 1. The van der Waals surface area contributed by atoms with Gasteiger partial charge in [-0.1, -0.05) is 18.2 Å². The number of anilines is 2. The van der Waals surface area contributed by atoms with Gasteiger partial charge in [-0.3, -0.25) is 4.79 Å². The van der Waals surface area contributed by atoms with E-state index in [4.69, 9.17) is 4.74 Å². The number of rotatable bonds is 6. The Morgan fingerprint density at radius 1 is 1.07 bits per heavy atom. The van der Waals surface area contributed by atoms with Crippen molar-refractivity contribution in [1.82, 2.24) is 0 Å². The lowest BCUT2D eigenvalue weighted by Gasteiger charge is -2.22. The van der Waals surface area contributed by atoms with Crippen LogP contribution in [0.3, 0.4) is 0 Å². The summed E-state index contributed by atoms with van der Waals surface area (Å²) in [5.41, 5.74) is 3.58. The van der Waals surface area contributed by atoms with Crippen LogP contribution >= 0.6 is 0 Å². The van der Waals surface area contributed by atoms with Crippen LogP contribution in [-0.4, -0.2) is 37.6 Å². The maximum Gasteiger partial charge on any atom is 0.338 e. The first-order valence-electron chi connectivity index (χ1n) is 9.50. The van der Waals surface area contributed by atoms with Gasteiger partial charge < -0.3 is 14.5 Å². The highest BCUT2D eigenvalue weighted by Crippen LogP contribution is 2.28. The molecule has 0 aliphatic carbocycles. The van der Waals surface area contributed by atoms with Gasteiger partial charge >= 0.3 is 5.97 Å². The second kappa shape index (κ2) is 8.25. The van der Waals surface area contributed by atoms with E-state index in [-0.39, 0.29) is 5.91 Å². The van der Waals surface area contributed by atoms with Crippen LogP contribution in [0.15, 0.2) is 48.5 Å². The fourth-order valence-corrected chi connectivity index (χ4v) is 3.46. The molecule has 1 aliphatic heterocycles. The number of fused-ring (bicyclic) bond motifs is 1. The molecule has 0 spiro atoms. The number of hydrogen-bond acceptors (Lipinski definition) is 4. The topological polar surface area (TPSA) is 49.9 Å². The number of carbonyl (C=O) groups excluding carboxylic acids is 2. The minimum absolute atomic E-state index is 0.187. The molecular formula is C22H26N2O3. The summed E-state index contributed by atoms with van der Waals surface area (Å²) in [4.78, 5) is 29.1. The number of esters is 1. The SMILES string of the molecule is CCN(CC)c1ccc(C(=O)O[C@H](C)C(=O)N2CCc3ccccc32)cc1. The van der Waals surface area contributed by atoms with Crippen LogP contribution < -0.4 is 9.80 Å². The molecule has 142 valence electrons. The summed E-state index contributed by atoms with van der Waals surface area (Å²) in [6.07, 6.45) is 0.00110. The lowest BCUT2D eigenvalue weighted by molar-refractivity contribution is -0.126. The number of hydrogen-bond donors (Lipinski definition) is 0. The molecule has 0 saturated carbocycles. The Bertz CT molecular complexity index is 813. The Labute approximate surface area is 160 Å². The Balaban J connectivity index is 1.65. The van der Waals surface area contributed by atoms with E-state index in [1.807, 2.05) is 36.4 Å². The van der Waals surface area contributed by atoms with E-state index in [9.17, 15) is 9.59 Å². The van der Waals surface area contributed by atoms with Crippen molar-refractivity contribution in [2.24, 2.45) is 0 Å². The van der Waals surface area contributed by atoms with Crippen LogP contribution in [0.1, 0.15) is 36.7 Å². The first-order chi connectivity index (χ1) is 13.0. The van der Waals surface area contributed by atoms with E-state index in [0.717, 1.165) is 36.4 Å². The molecule has 5 nitrogen and oxygen atoms in total. The van der Waals surface area contributed by atoms with Gasteiger partial charge in [0.05, 0.1) is 5.56 Å². The fourth-order valence-electron chi connectivity index (χ4n) is 3.46. The van der Waals surface area contributed by atoms with Crippen molar-refractivity contribution < 1.29 is 14.3 Å². The molecule has 0 radical (unpaired) electrons. The number of carbonyl (C=O) groups is 2. The van der Waals surface area contributed by atoms with Crippen molar-refractivity contribution in [2.45, 2.75) is 33.3 Å². The Morgan fingerprint density at radius 2 is 1.74 bits per heavy atom. The highest BCUT2D eigenvalue weighted by Gasteiger charge is 2.29. The van der Waals surface area contributed by atoms with Crippen LogP contribution in [0.25, 0.3) is 0 Å². The zero-order valence-corrected chi connectivity index (χ0v) is 16.1. The predicted molar refractivity (Wildman–Crippen MR) is 107 cm³/mol. The van der Waals surface area contributed by atoms with Crippen LogP contribution in [0.5, 0.6) is 0 Å². The minimum Gasteiger partial charge on any atom is -0.449 e. The van der Waals surface area contributed by atoms with Gasteiger partial charge in [-0.2, -0.15) is 0 Å². The molecule has 0 bridgehead atoms. The predicted octanol–water partition coefficient (Wildman–Crippen LogP) is 3.67. The monoisotopic (exact) mass is 366 g/mol. The summed E-state index contributed by atoms with van der Waals surface area (Å²) in [6, 6.07) is 15.2. The molecule has 27 heavy (non-hydrogen) atoms. The molecule has 2 aromatic rings. The first kappa shape index (κ1) is 19.0. The third-order valence-electron chi connectivity index (χ3n) is 5.02. The summed E-state index contributed by atoms with van der Waals surface area (Å²) in [7, 11) is 0. The van der Waals surface area contributed by atoms with Crippen LogP contribution in [0.2, 0.25) is 0 Å². The van der Waals surface area contributed by atoms with Gasteiger partial charge in [-0.25, -0.2) is 4.79 Å². The van der Waals surface area contributed by atoms with Crippen molar-refractivity contribution >= 4 is 23.3 Å². The first-order valence-corrected chi connectivity index (χ1v) is 9.50. The van der Waals surface area contributed by atoms with Crippen LogP contribution in [0.4, 0.5) is 11.4 Å². The molecule has 5 heteroatoms. The van der Waals surface area contributed by atoms with Gasteiger partial charge in [0.2, 0.25) is 0 Å². The third-order valence-corrected chi connectivity index (χ3v) is 5.02. The zero-order chi connectivity index (χ0) is 19.4. The molecule has 1 heterocycles. The smallest absolute Gasteiger partial charge is 0.338 e. The van der Waals surface area contributed by atoms with Crippen molar-refractivity contribution in [3.63, 3.8) is 0 Å². The van der Waals surface area contributed by atoms with E-state index in [0.29, 0.717) is 12.1 Å². The largest absolute Gasteiger partial charge is 0.449 e. The van der Waals surface area contributed by atoms with Gasteiger partial charge in [-0.15, -0.1) is 0 Å². The maximum absolute atomic E-state index is 12.7. The quantitative estimate of drug-likeness (QED) is 0.732. The molecule has 2 aromatic carbocycles. The van der Waals surface area contributed by atoms with Crippen LogP contribution in [0, 0.1) is 0 Å². The normalized spacial score (nSPS) is 13.8. The van der Waals surface area contributed by atoms with E-state index in [2.05, 4.69) is 18.7 Å². The number of nitrogens with zero attached hydrogens (tertiary/aromatic N) is 2. The average Bonchev–Trinajstić information content (AvgIpc) is 3.13. The van der Waals surface area contributed by atoms with Gasteiger partial charge in [0, 0.05) is 31.0 Å². The molecular weight excluding hydrogens is 340 g/mol. The minimum atomic E-state index is -0.828. The summed E-state index contributed by atoms with van der Waals surface area (Å²) in [6.45, 7) is 8.25. The van der Waals surface area contributed by atoms with E-state index < -0.39 is 12.1 Å². The van der Waals surface area contributed by atoms with Gasteiger partial charge in [-0.05, 0) is 63.1 Å². The van der Waals surface area contributed by atoms with E-state index in [1.54, 1.807) is 24.0 Å². The lowest BCUT2D eigenvalue weighted by Crippen LogP contribution is -2.39. The van der Waals surface area contributed by atoms with Gasteiger partial charge in [0.15, 0.2) is 6.10 Å². The molecule has 0 fully saturated rings. The molecule has 1 amide bonds. The molecule has 1 aliphatic rings. The van der Waals surface area contributed by atoms with E-state index in [1.165, 1.54) is 0 Å². The highest BCUT2D eigenvalue weighted by molar-refractivity contribution is 6.00. The molecule has 0 N–H and O–H groups in total. The summed E-state index contributed by atoms with van der Waals surface area (Å²) < 4.78 is 5.43. The molecule has 0 aromatic heterocycles. The number of para-hydroxylation sites is 1. The highest BCUT2D eigenvalue weighted by atomic mass is 16.5. The Kier molecular flexibility index (Phi) is 5.79. The van der Waals surface area contributed by atoms with Crippen molar-refractivity contribution in [1.29, 1.82) is 0 Å². The Hall–Kier alpha value is -2.82. The Morgan fingerprint density at radius 3 is 2.41 bits per heavy atom. The van der Waals surface area contributed by atoms with Crippen molar-refractivity contribution in [2.75, 3.05) is 29.4 Å². The molecule has 3 rings (SSSR count). The maximum atomic E-state index is 12.7. The summed E-state index contributed by atoms with van der Waals surface area (Å²) >= 11 is 0. The summed E-state index contributed by atoms with van der Waals surface area (Å²) in [5.74, 6) is -0.664. The lowest BCUT2D eigenvalue weighted by atomic mass is 10.2. The van der Waals surface area contributed by atoms with Crippen molar-refractivity contribution in [3.05, 3.63) is 59.7 Å². The second-order valence-corrected chi connectivity index (χ2v) is 6.64. The van der Waals surface area contributed by atoms with Crippen LogP contribution in [-0.2, 0) is 16.0 Å². The number of ether oxygens (including phenoxy) is 1. The molecule has 0 unspecified atom stereocenters. The second-order valence-electron chi connectivity index (χ2n) is 6.64. The number of benzene rings is 2. The van der Waals surface area contributed by atoms with Gasteiger partial charge in [0.1, 0.15) is 0 Å². The fraction of sp³-hybridized carbons (Fsp3) is 0.364. The van der Waals surface area contributed by atoms with Crippen molar-refractivity contribution in [3.8, 4) is 0 Å².